The molecule has 1 unspecified atom stereocenters. The van der Waals surface area contributed by atoms with E-state index in [9.17, 15) is 4.39 Å². The molecular formula is C15H14BrClFNO. The van der Waals surface area contributed by atoms with Gasteiger partial charge in [0.25, 0.3) is 0 Å². The quantitative estimate of drug-likeness (QED) is 0.874. The highest BCUT2D eigenvalue weighted by atomic mass is 79.9. The molecule has 0 fully saturated rings. The second-order valence-corrected chi connectivity index (χ2v) is 5.77. The third-order valence-electron chi connectivity index (χ3n) is 3.03. The molecule has 0 aromatic heterocycles. The van der Waals surface area contributed by atoms with Crippen LogP contribution in [-0.4, -0.2) is 7.11 Å². The molecule has 0 saturated heterocycles. The normalized spacial score (nSPS) is 12.2. The van der Waals surface area contributed by atoms with Crippen molar-refractivity contribution in [2.45, 2.75) is 12.5 Å². The van der Waals surface area contributed by atoms with Crippen molar-refractivity contribution in [2.24, 2.45) is 5.73 Å². The predicted molar refractivity (Wildman–Crippen MR) is 82.7 cm³/mol. The highest BCUT2D eigenvalue weighted by Crippen LogP contribution is 2.28. The predicted octanol–water partition coefficient (Wildman–Crippen LogP) is 4.49. The minimum absolute atomic E-state index is 0.226. The van der Waals surface area contributed by atoms with Gasteiger partial charge < -0.3 is 10.5 Å². The fraction of sp³-hybridized carbons (Fsp3) is 0.200. The van der Waals surface area contributed by atoms with Gasteiger partial charge >= 0.3 is 0 Å². The maximum atomic E-state index is 13.6. The monoisotopic (exact) mass is 357 g/mol. The number of ether oxygens (including phenoxy) is 1. The van der Waals surface area contributed by atoms with Gasteiger partial charge in [-0.2, -0.15) is 0 Å². The molecule has 2 aromatic rings. The van der Waals surface area contributed by atoms with Crippen molar-refractivity contribution >= 4 is 27.5 Å². The van der Waals surface area contributed by atoms with Crippen molar-refractivity contribution in [3.8, 4) is 5.75 Å². The molecule has 0 aliphatic rings. The molecule has 20 heavy (non-hydrogen) atoms. The maximum absolute atomic E-state index is 13.6. The first-order valence-corrected chi connectivity index (χ1v) is 7.21. The number of hydrogen-bond donors (Lipinski definition) is 1. The lowest BCUT2D eigenvalue weighted by molar-refractivity contribution is 0.386. The van der Waals surface area contributed by atoms with E-state index in [2.05, 4.69) is 15.9 Å². The number of rotatable bonds is 4. The van der Waals surface area contributed by atoms with Gasteiger partial charge in [0.05, 0.1) is 7.11 Å². The van der Waals surface area contributed by atoms with Gasteiger partial charge in [0.1, 0.15) is 0 Å². The summed E-state index contributed by atoms with van der Waals surface area (Å²) in [6, 6.07) is 10.1. The molecule has 0 bridgehead atoms. The second kappa shape index (κ2) is 6.57. The minimum atomic E-state index is -0.390. The zero-order valence-corrected chi connectivity index (χ0v) is 13.2. The summed E-state index contributed by atoms with van der Waals surface area (Å²) in [5, 5.41) is 0.598. The van der Waals surface area contributed by atoms with Gasteiger partial charge in [-0.3, -0.25) is 0 Å². The Morgan fingerprint density at radius 1 is 1.30 bits per heavy atom. The second-order valence-electron chi connectivity index (χ2n) is 4.45. The van der Waals surface area contributed by atoms with Crippen LogP contribution < -0.4 is 10.5 Å². The van der Waals surface area contributed by atoms with Crippen molar-refractivity contribution < 1.29 is 9.13 Å². The van der Waals surface area contributed by atoms with Crippen LogP contribution in [-0.2, 0) is 6.42 Å². The van der Waals surface area contributed by atoms with E-state index >= 15 is 0 Å². The summed E-state index contributed by atoms with van der Waals surface area (Å²) < 4.78 is 19.4. The molecule has 106 valence electrons. The van der Waals surface area contributed by atoms with Gasteiger partial charge in [0.15, 0.2) is 11.6 Å². The number of hydrogen-bond acceptors (Lipinski definition) is 2. The first-order chi connectivity index (χ1) is 9.51. The Morgan fingerprint density at radius 3 is 2.65 bits per heavy atom. The van der Waals surface area contributed by atoms with Gasteiger partial charge in [-0.25, -0.2) is 4.39 Å². The molecule has 0 aliphatic carbocycles. The summed E-state index contributed by atoms with van der Waals surface area (Å²) in [7, 11) is 1.44. The molecule has 5 heteroatoms. The lowest BCUT2D eigenvalue weighted by Crippen LogP contribution is -2.14. The number of nitrogens with two attached hydrogens (primary N) is 1. The van der Waals surface area contributed by atoms with Crippen molar-refractivity contribution in [1.82, 2.24) is 0 Å². The summed E-state index contributed by atoms with van der Waals surface area (Å²) in [5.74, 6) is -0.164. The Morgan fingerprint density at radius 2 is 2.05 bits per heavy atom. The van der Waals surface area contributed by atoms with Gasteiger partial charge in [0, 0.05) is 15.5 Å². The summed E-state index contributed by atoms with van der Waals surface area (Å²) in [4.78, 5) is 0. The van der Waals surface area contributed by atoms with E-state index in [1.54, 1.807) is 18.2 Å². The summed E-state index contributed by atoms with van der Waals surface area (Å²) in [6.07, 6.45) is 0.502. The van der Waals surface area contributed by atoms with Gasteiger partial charge in [0.2, 0.25) is 0 Å². The molecule has 0 spiro atoms. The molecule has 0 amide bonds. The molecule has 0 aliphatic heterocycles. The largest absolute Gasteiger partial charge is 0.494 e. The zero-order chi connectivity index (χ0) is 14.7. The third kappa shape index (κ3) is 3.51. The van der Waals surface area contributed by atoms with Crippen LogP contribution >= 0.6 is 27.5 Å². The average Bonchev–Trinajstić information content (AvgIpc) is 2.38. The van der Waals surface area contributed by atoms with Gasteiger partial charge in [-0.15, -0.1) is 0 Å². The van der Waals surface area contributed by atoms with Crippen LogP contribution in [0.5, 0.6) is 5.75 Å². The van der Waals surface area contributed by atoms with Crippen LogP contribution in [0.3, 0.4) is 0 Å². The average molecular weight is 359 g/mol. The van der Waals surface area contributed by atoms with Crippen LogP contribution in [0.15, 0.2) is 40.9 Å². The van der Waals surface area contributed by atoms with Crippen molar-refractivity contribution in [2.75, 3.05) is 7.11 Å². The minimum Gasteiger partial charge on any atom is -0.494 e. The van der Waals surface area contributed by atoms with E-state index in [1.165, 1.54) is 13.2 Å². The number of methoxy groups -OCH3 is 1. The van der Waals surface area contributed by atoms with E-state index in [1.807, 2.05) is 12.1 Å². The Balaban J connectivity index is 2.18. The molecule has 2 aromatic carbocycles. The van der Waals surface area contributed by atoms with Crippen LogP contribution in [0.1, 0.15) is 17.2 Å². The molecular weight excluding hydrogens is 345 g/mol. The molecule has 0 radical (unpaired) electrons. The molecule has 0 heterocycles. The van der Waals surface area contributed by atoms with Crippen LogP contribution in [0.25, 0.3) is 0 Å². The van der Waals surface area contributed by atoms with Crippen LogP contribution in [0, 0.1) is 5.82 Å². The van der Waals surface area contributed by atoms with E-state index < -0.39 is 0 Å². The molecule has 2 nitrogen and oxygen atoms in total. The van der Waals surface area contributed by atoms with Crippen LogP contribution in [0.4, 0.5) is 4.39 Å². The fourth-order valence-electron chi connectivity index (χ4n) is 2.00. The van der Waals surface area contributed by atoms with E-state index in [-0.39, 0.29) is 17.6 Å². The van der Waals surface area contributed by atoms with E-state index in [4.69, 9.17) is 22.1 Å². The van der Waals surface area contributed by atoms with Crippen molar-refractivity contribution in [3.63, 3.8) is 0 Å². The standard InChI is InChI=1S/C15H14BrClFNO/c1-20-15-5-2-9(6-13(15)18)7-14(19)11-4-3-10(16)8-12(11)17/h2-6,8,14H,7,19H2,1H3. The van der Waals surface area contributed by atoms with Crippen molar-refractivity contribution in [3.05, 3.63) is 62.8 Å². The number of halogens is 3. The fourth-order valence-corrected chi connectivity index (χ4v) is 2.82. The highest BCUT2D eigenvalue weighted by molar-refractivity contribution is 9.10. The molecule has 0 saturated carbocycles. The lowest BCUT2D eigenvalue weighted by atomic mass is 9.99. The maximum Gasteiger partial charge on any atom is 0.165 e. The topological polar surface area (TPSA) is 35.2 Å². The summed E-state index contributed by atoms with van der Waals surface area (Å²) in [5.41, 5.74) is 7.78. The third-order valence-corrected chi connectivity index (χ3v) is 3.85. The van der Waals surface area contributed by atoms with Gasteiger partial charge in [-0.1, -0.05) is 39.7 Å². The summed E-state index contributed by atoms with van der Waals surface area (Å²) in [6.45, 7) is 0. The summed E-state index contributed by atoms with van der Waals surface area (Å²) >= 11 is 9.51. The Labute approximate surface area is 130 Å². The Bertz CT molecular complexity index is 621. The zero-order valence-electron chi connectivity index (χ0n) is 10.9. The van der Waals surface area contributed by atoms with Gasteiger partial charge in [-0.05, 0) is 41.8 Å². The molecule has 2 rings (SSSR count). The first kappa shape index (κ1) is 15.3. The van der Waals surface area contributed by atoms with Crippen molar-refractivity contribution in [1.29, 1.82) is 0 Å². The number of benzene rings is 2. The van der Waals surface area contributed by atoms with E-state index in [0.29, 0.717) is 11.4 Å². The van der Waals surface area contributed by atoms with E-state index in [0.717, 1.165) is 15.6 Å². The first-order valence-electron chi connectivity index (χ1n) is 6.04. The lowest BCUT2D eigenvalue weighted by Gasteiger charge is -2.14. The highest BCUT2D eigenvalue weighted by Gasteiger charge is 2.13. The molecule has 2 N–H and O–H groups in total. The Hall–Kier alpha value is -1.10. The SMILES string of the molecule is COc1ccc(CC(N)c2ccc(Br)cc2Cl)cc1F. The Kier molecular flexibility index (Phi) is 5.02. The van der Waals surface area contributed by atoms with Crippen LogP contribution in [0.2, 0.25) is 5.02 Å². The smallest absolute Gasteiger partial charge is 0.165 e. The molecule has 1 atom stereocenters.